The minimum atomic E-state index is 0.0831. The molecule has 0 spiro atoms. The average molecular weight is 305 g/mol. The smallest absolute Gasteiger partial charge is 0.265 e. The predicted molar refractivity (Wildman–Crippen MR) is 80.5 cm³/mol. The first-order chi connectivity index (χ1) is 10.0. The Morgan fingerprint density at radius 3 is 2.81 bits per heavy atom. The number of hydrogen-bond acceptors (Lipinski definition) is 5. The Labute approximate surface area is 127 Å². The number of carbonyl (C=O) groups excluding carboxylic acids is 1. The molecule has 1 atom stereocenters. The van der Waals surface area contributed by atoms with Crippen molar-refractivity contribution in [2.24, 2.45) is 0 Å². The summed E-state index contributed by atoms with van der Waals surface area (Å²) >= 11 is 1.46. The summed E-state index contributed by atoms with van der Waals surface area (Å²) in [5, 5.41) is 5.39. The van der Waals surface area contributed by atoms with Gasteiger partial charge < -0.3 is 4.90 Å². The van der Waals surface area contributed by atoms with Crippen molar-refractivity contribution in [3.63, 3.8) is 0 Å². The highest BCUT2D eigenvalue weighted by Crippen LogP contribution is 2.24. The van der Waals surface area contributed by atoms with Gasteiger partial charge in [0.25, 0.3) is 5.91 Å². The molecule has 0 aromatic carbocycles. The average Bonchev–Trinajstić information content (AvgIpc) is 3.04. The summed E-state index contributed by atoms with van der Waals surface area (Å²) in [5.74, 6) is 1.79. The van der Waals surface area contributed by atoms with E-state index in [1.165, 1.54) is 11.3 Å². The van der Waals surface area contributed by atoms with Crippen molar-refractivity contribution in [3.05, 3.63) is 27.7 Å². The number of carbonyl (C=O) groups is 1. The second-order valence-corrected chi connectivity index (χ2v) is 6.68. The normalized spacial score (nSPS) is 19.0. The molecule has 2 aromatic heterocycles. The number of rotatable bonds is 2. The van der Waals surface area contributed by atoms with Crippen LogP contribution < -0.4 is 0 Å². The fourth-order valence-corrected chi connectivity index (χ4v) is 3.58. The lowest BCUT2D eigenvalue weighted by Crippen LogP contribution is -2.41. The summed E-state index contributed by atoms with van der Waals surface area (Å²) in [7, 11) is 0. The van der Waals surface area contributed by atoms with Crippen LogP contribution >= 0.6 is 11.3 Å². The number of thiazole rings is 1. The van der Waals surface area contributed by atoms with E-state index in [-0.39, 0.29) is 11.9 Å². The monoisotopic (exact) mass is 305 g/mol. The molecule has 1 fully saturated rings. The van der Waals surface area contributed by atoms with Crippen LogP contribution in [0.3, 0.4) is 0 Å². The summed E-state index contributed by atoms with van der Waals surface area (Å²) in [6.45, 7) is 7.28. The molecule has 7 heteroatoms. The van der Waals surface area contributed by atoms with Gasteiger partial charge in [0.2, 0.25) is 0 Å². The molecule has 112 valence electrons. The molecule has 1 aliphatic rings. The van der Waals surface area contributed by atoms with E-state index in [0.717, 1.165) is 40.9 Å². The molecule has 6 nitrogen and oxygen atoms in total. The quantitative estimate of drug-likeness (QED) is 0.852. The standard InChI is InChI=1S/C14H19N5OS/c1-9-16-10(2)19(17-9)12-5-4-6-18(8-12)14(20)13-7-15-11(3)21-13/h7,12H,4-6,8H2,1-3H3/t12-/m1/s1. The predicted octanol–water partition coefficient (Wildman–Crippen LogP) is 2.14. The van der Waals surface area contributed by atoms with E-state index in [1.807, 2.05) is 30.4 Å². The van der Waals surface area contributed by atoms with Crippen molar-refractivity contribution in [1.82, 2.24) is 24.6 Å². The van der Waals surface area contributed by atoms with Crippen LogP contribution in [-0.2, 0) is 0 Å². The zero-order valence-electron chi connectivity index (χ0n) is 12.5. The Morgan fingerprint density at radius 1 is 1.38 bits per heavy atom. The van der Waals surface area contributed by atoms with Gasteiger partial charge in [-0.25, -0.2) is 14.6 Å². The van der Waals surface area contributed by atoms with Gasteiger partial charge in [0.15, 0.2) is 0 Å². The number of hydrogen-bond donors (Lipinski definition) is 0. The van der Waals surface area contributed by atoms with Gasteiger partial charge in [-0.2, -0.15) is 5.10 Å². The summed E-state index contributed by atoms with van der Waals surface area (Å²) in [5.41, 5.74) is 0. The molecular formula is C14H19N5OS. The van der Waals surface area contributed by atoms with Crippen LogP contribution in [0.2, 0.25) is 0 Å². The van der Waals surface area contributed by atoms with Gasteiger partial charge in [-0.3, -0.25) is 4.79 Å². The van der Waals surface area contributed by atoms with Crippen LogP contribution in [0.4, 0.5) is 0 Å². The maximum absolute atomic E-state index is 12.5. The van der Waals surface area contributed by atoms with E-state index in [2.05, 4.69) is 15.1 Å². The summed E-state index contributed by atoms with van der Waals surface area (Å²) in [6, 6.07) is 0.220. The number of aryl methyl sites for hydroxylation is 3. The molecule has 3 rings (SSSR count). The molecule has 0 bridgehead atoms. The lowest BCUT2D eigenvalue weighted by molar-refractivity contribution is 0.0676. The number of amides is 1. The van der Waals surface area contributed by atoms with Gasteiger partial charge in [-0.05, 0) is 33.6 Å². The number of likely N-dealkylation sites (tertiary alicyclic amines) is 1. The first kappa shape index (κ1) is 14.2. The molecule has 0 saturated carbocycles. The zero-order valence-corrected chi connectivity index (χ0v) is 13.4. The van der Waals surface area contributed by atoms with Crippen molar-refractivity contribution >= 4 is 17.2 Å². The van der Waals surface area contributed by atoms with E-state index in [1.54, 1.807) is 6.20 Å². The van der Waals surface area contributed by atoms with Crippen LogP contribution in [0.5, 0.6) is 0 Å². The fraction of sp³-hybridized carbons (Fsp3) is 0.571. The number of piperidine rings is 1. The Balaban J connectivity index is 1.77. The van der Waals surface area contributed by atoms with Crippen molar-refractivity contribution < 1.29 is 4.79 Å². The molecule has 1 amide bonds. The van der Waals surface area contributed by atoms with Crippen molar-refractivity contribution in [3.8, 4) is 0 Å². The van der Waals surface area contributed by atoms with E-state index in [0.29, 0.717) is 6.54 Å². The Morgan fingerprint density at radius 2 is 2.19 bits per heavy atom. The number of aromatic nitrogens is 4. The Hall–Kier alpha value is -1.76. The number of nitrogens with zero attached hydrogens (tertiary/aromatic N) is 5. The van der Waals surface area contributed by atoms with Crippen LogP contribution in [-0.4, -0.2) is 43.6 Å². The second-order valence-electron chi connectivity index (χ2n) is 5.44. The maximum atomic E-state index is 12.5. The summed E-state index contributed by atoms with van der Waals surface area (Å²) < 4.78 is 1.96. The molecule has 21 heavy (non-hydrogen) atoms. The SMILES string of the molecule is Cc1nc(C)n([C@@H]2CCCN(C(=O)c3cnc(C)s3)C2)n1. The van der Waals surface area contributed by atoms with Crippen molar-refractivity contribution in [2.45, 2.75) is 39.7 Å². The molecule has 0 radical (unpaired) electrons. The minimum absolute atomic E-state index is 0.0831. The highest BCUT2D eigenvalue weighted by molar-refractivity contribution is 7.13. The Kier molecular flexibility index (Phi) is 3.75. The van der Waals surface area contributed by atoms with E-state index < -0.39 is 0 Å². The molecular weight excluding hydrogens is 286 g/mol. The lowest BCUT2D eigenvalue weighted by atomic mass is 10.1. The van der Waals surface area contributed by atoms with Gasteiger partial charge >= 0.3 is 0 Å². The largest absolute Gasteiger partial charge is 0.336 e. The molecule has 1 saturated heterocycles. The molecule has 0 unspecified atom stereocenters. The van der Waals surface area contributed by atoms with Crippen LogP contribution in [0.25, 0.3) is 0 Å². The molecule has 3 heterocycles. The van der Waals surface area contributed by atoms with Crippen LogP contribution in [0, 0.1) is 20.8 Å². The van der Waals surface area contributed by atoms with Crippen LogP contribution in [0.1, 0.15) is 45.2 Å². The second kappa shape index (κ2) is 5.55. The highest BCUT2D eigenvalue weighted by Gasteiger charge is 2.27. The van der Waals surface area contributed by atoms with Gasteiger partial charge in [-0.15, -0.1) is 11.3 Å². The van der Waals surface area contributed by atoms with Crippen molar-refractivity contribution in [1.29, 1.82) is 0 Å². The summed E-state index contributed by atoms with van der Waals surface area (Å²) in [6.07, 6.45) is 3.71. The third kappa shape index (κ3) is 2.83. The fourth-order valence-electron chi connectivity index (χ4n) is 2.84. The third-order valence-electron chi connectivity index (χ3n) is 3.77. The van der Waals surface area contributed by atoms with Gasteiger partial charge in [0.1, 0.15) is 16.5 Å². The summed E-state index contributed by atoms with van der Waals surface area (Å²) in [4.78, 5) is 23.7. The van der Waals surface area contributed by atoms with E-state index in [9.17, 15) is 4.79 Å². The minimum Gasteiger partial charge on any atom is -0.336 e. The van der Waals surface area contributed by atoms with Crippen LogP contribution in [0.15, 0.2) is 6.20 Å². The highest BCUT2D eigenvalue weighted by atomic mass is 32.1. The van der Waals surface area contributed by atoms with Crippen molar-refractivity contribution in [2.75, 3.05) is 13.1 Å². The third-order valence-corrected chi connectivity index (χ3v) is 4.67. The first-order valence-electron chi connectivity index (χ1n) is 7.16. The molecule has 0 aliphatic carbocycles. The topological polar surface area (TPSA) is 63.9 Å². The van der Waals surface area contributed by atoms with Gasteiger partial charge in [0.05, 0.1) is 17.2 Å². The van der Waals surface area contributed by atoms with E-state index in [4.69, 9.17) is 0 Å². The lowest BCUT2D eigenvalue weighted by Gasteiger charge is -2.32. The first-order valence-corrected chi connectivity index (χ1v) is 7.97. The Bertz CT molecular complexity index is 662. The van der Waals surface area contributed by atoms with E-state index >= 15 is 0 Å². The molecule has 0 N–H and O–H groups in total. The molecule has 1 aliphatic heterocycles. The maximum Gasteiger partial charge on any atom is 0.265 e. The van der Waals surface area contributed by atoms with Gasteiger partial charge in [0, 0.05) is 13.1 Å². The van der Waals surface area contributed by atoms with Gasteiger partial charge in [-0.1, -0.05) is 0 Å². The molecule has 2 aromatic rings. The zero-order chi connectivity index (χ0) is 15.0.